The van der Waals surface area contributed by atoms with Crippen LogP contribution in [0.4, 0.5) is 0 Å². The Labute approximate surface area is 154 Å². The highest BCUT2D eigenvalue weighted by molar-refractivity contribution is 8.04. The van der Waals surface area contributed by atoms with Gasteiger partial charge in [-0.3, -0.25) is 4.79 Å². The number of amides is 1. The van der Waals surface area contributed by atoms with Crippen LogP contribution in [0.25, 0.3) is 5.57 Å². The van der Waals surface area contributed by atoms with Gasteiger partial charge in [0.1, 0.15) is 0 Å². The molecule has 0 N–H and O–H groups in total. The maximum Gasteiger partial charge on any atom is 0.341 e. The standard InChI is InChI=1S/C19H26N2O3S/c1-4-20(5-2)12-13-21-16(22)14-25-18(21)17(19(23)24-6-3)15-10-8-7-9-11-15/h7-11H,4-6,12-14H2,1-3H3/b18-17+. The summed E-state index contributed by atoms with van der Waals surface area (Å²) in [5, 5.41) is 0.710. The highest BCUT2D eigenvalue weighted by Gasteiger charge is 2.32. The van der Waals surface area contributed by atoms with Crippen molar-refractivity contribution in [2.75, 3.05) is 38.5 Å². The van der Waals surface area contributed by atoms with E-state index in [4.69, 9.17) is 4.74 Å². The van der Waals surface area contributed by atoms with Gasteiger partial charge >= 0.3 is 5.97 Å². The van der Waals surface area contributed by atoms with Crippen LogP contribution in [0.1, 0.15) is 26.3 Å². The molecule has 0 bridgehead atoms. The predicted octanol–water partition coefficient (Wildman–Crippen LogP) is 2.84. The van der Waals surface area contributed by atoms with E-state index in [9.17, 15) is 9.59 Å². The number of hydrogen-bond donors (Lipinski definition) is 0. The third-order valence-electron chi connectivity index (χ3n) is 4.17. The molecule has 1 saturated heterocycles. The van der Waals surface area contributed by atoms with Crippen molar-refractivity contribution >= 4 is 29.2 Å². The molecule has 1 aliphatic heterocycles. The van der Waals surface area contributed by atoms with E-state index in [1.165, 1.54) is 11.8 Å². The van der Waals surface area contributed by atoms with Crippen LogP contribution in [0.2, 0.25) is 0 Å². The normalized spacial score (nSPS) is 16.5. The van der Waals surface area contributed by atoms with Crippen LogP contribution in [0.5, 0.6) is 0 Å². The molecule has 0 aromatic heterocycles. The smallest absolute Gasteiger partial charge is 0.341 e. The number of carbonyl (C=O) groups is 2. The largest absolute Gasteiger partial charge is 0.462 e. The third kappa shape index (κ3) is 4.86. The molecule has 0 spiro atoms. The fourth-order valence-electron chi connectivity index (χ4n) is 2.75. The number of carbonyl (C=O) groups excluding carboxylic acids is 2. The molecule has 1 fully saturated rings. The van der Waals surface area contributed by atoms with Crippen LogP contribution in [-0.4, -0.2) is 60.2 Å². The van der Waals surface area contributed by atoms with Crippen molar-refractivity contribution in [1.82, 2.24) is 9.80 Å². The van der Waals surface area contributed by atoms with Crippen molar-refractivity contribution in [1.29, 1.82) is 0 Å². The van der Waals surface area contributed by atoms with Crippen molar-refractivity contribution in [2.24, 2.45) is 0 Å². The van der Waals surface area contributed by atoms with Crippen LogP contribution in [0.15, 0.2) is 35.4 Å². The minimum absolute atomic E-state index is 0.0462. The van der Waals surface area contributed by atoms with Gasteiger partial charge in [0.15, 0.2) is 0 Å². The van der Waals surface area contributed by atoms with Gasteiger partial charge in [0.25, 0.3) is 0 Å². The van der Waals surface area contributed by atoms with E-state index in [0.29, 0.717) is 29.5 Å². The van der Waals surface area contributed by atoms with Crippen molar-refractivity contribution in [3.05, 3.63) is 40.9 Å². The van der Waals surface area contributed by atoms with Crippen molar-refractivity contribution in [2.45, 2.75) is 20.8 Å². The predicted molar refractivity (Wildman–Crippen MR) is 102 cm³/mol. The van der Waals surface area contributed by atoms with Crippen molar-refractivity contribution in [3.8, 4) is 0 Å². The Morgan fingerprint density at radius 3 is 2.48 bits per heavy atom. The summed E-state index contributed by atoms with van der Waals surface area (Å²) in [6, 6.07) is 9.44. The monoisotopic (exact) mass is 362 g/mol. The van der Waals surface area contributed by atoms with Crippen LogP contribution in [0, 0.1) is 0 Å². The Morgan fingerprint density at radius 1 is 1.20 bits per heavy atom. The molecule has 1 aromatic carbocycles. The fourth-order valence-corrected chi connectivity index (χ4v) is 3.86. The van der Waals surface area contributed by atoms with E-state index in [0.717, 1.165) is 25.2 Å². The molecule has 0 saturated carbocycles. The van der Waals surface area contributed by atoms with Gasteiger partial charge in [-0.05, 0) is 25.6 Å². The Morgan fingerprint density at radius 2 is 1.88 bits per heavy atom. The molecule has 1 heterocycles. The molecule has 0 aliphatic carbocycles. The molecule has 0 radical (unpaired) electrons. The number of likely N-dealkylation sites (N-methyl/N-ethyl adjacent to an activating group) is 1. The number of hydrogen-bond acceptors (Lipinski definition) is 5. The van der Waals surface area contributed by atoms with Gasteiger partial charge in [0.2, 0.25) is 5.91 Å². The molecule has 1 amide bonds. The summed E-state index contributed by atoms with van der Waals surface area (Å²) in [7, 11) is 0. The van der Waals surface area contributed by atoms with Gasteiger partial charge in [-0.25, -0.2) is 4.79 Å². The molecule has 0 unspecified atom stereocenters. The van der Waals surface area contributed by atoms with E-state index in [1.807, 2.05) is 30.3 Å². The lowest BCUT2D eigenvalue weighted by molar-refractivity contribution is -0.136. The second-order valence-corrected chi connectivity index (χ2v) is 6.59. The average Bonchev–Trinajstić information content (AvgIpc) is 2.98. The molecule has 1 aromatic rings. The Balaban J connectivity index is 2.37. The first kappa shape index (κ1) is 19.5. The number of benzene rings is 1. The maximum atomic E-state index is 12.6. The number of esters is 1. The Hall–Kier alpha value is -1.79. The maximum absolute atomic E-state index is 12.6. The lowest BCUT2D eigenvalue weighted by Gasteiger charge is -2.24. The molecule has 1 aliphatic rings. The molecule has 0 atom stereocenters. The zero-order chi connectivity index (χ0) is 18.2. The zero-order valence-electron chi connectivity index (χ0n) is 15.2. The van der Waals surface area contributed by atoms with Gasteiger partial charge in [-0.15, -0.1) is 0 Å². The topological polar surface area (TPSA) is 49.9 Å². The summed E-state index contributed by atoms with van der Waals surface area (Å²) in [6.45, 7) is 9.55. The number of nitrogens with zero attached hydrogens (tertiary/aromatic N) is 2. The number of rotatable bonds is 8. The van der Waals surface area contributed by atoms with Crippen LogP contribution >= 0.6 is 11.8 Å². The van der Waals surface area contributed by atoms with Crippen LogP contribution < -0.4 is 0 Å². The SMILES string of the molecule is CCOC(=O)/C(=C1/SCC(=O)N1CCN(CC)CC)c1ccccc1. The van der Waals surface area contributed by atoms with Gasteiger partial charge in [0, 0.05) is 13.1 Å². The first-order valence-corrected chi connectivity index (χ1v) is 9.73. The number of ether oxygens (including phenoxy) is 1. The van der Waals surface area contributed by atoms with Gasteiger partial charge in [0.05, 0.1) is 23.0 Å². The second kappa shape index (κ2) is 9.63. The van der Waals surface area contributed by atoms with E-state index in [2.05, 4.69) is 18.7 Å². The van der Waals surface area contributed by atoms with E-state index < -0.39 is 0 Å². The van der Waals surface area contributed by atoms with E-state index in [-0.39, 0.29) is 11.9 Å². The summed E-state index contributed by atoms with van der Waals surface area (Å²) < 4.78 is 5.26. The minimum Gasteiger partial charge on any atom is -0.462 e. The first-order chi connectivity index (χ1) is 12.1. The van der Waals surface area contributed by atoms with Crippen molar-refractivity contribution < 1.29 is 14.3 Å². The Kier molecular flexibility index (Phi) is 7.52. The summed E-state index contributed by atoms with van der Waals surface area (Å²) in [6.07, 6.45) is 0. The summed E-state index contributed by atoms with van der Waals surface area (Å²) >= 11 is 1.42. The van der Waals surface area contributed by atoms with Crippen LogP contribution in [0.3, 0.4) is 0 Å². The molecule has 136 valence electrons. The van der Waals surface area contributed by atoms with Gasteiger partial charge in [-0.1, -0.05) is 55.9 Å². The lowest BCUT2D eigenvalue weighted by atomic mass is 10.1. The van der Waals surface area contributed by atoms with E-state index >= 15 is 0 Å². The minimum atomic E-state index is -0.376. The molecular weight excluding hydrogens is 336 g/mol. The second-order valence-electron chi connectivity index (χ2n) is 5.63. The van der Waals surface area contributed by atoms with E-state index in [1.54, 1.807) is 11.8 Å². The highest BCUT2D eigenvalue weighted by atomic mass is 32.2. The third-order valence-corrected chi connectivity index (χ3v) is 5.26. The molecule has 5 nitrogen and oxygen atoms in total. The van der Waals surface area contributed by atoms with Gasteiger partial charge < -0.3 is 14.5 Å². The molecular formula is C19H26N2O3S. The first-order valence-electron chi connectivity index (χ1n) is 8.74. The summed E-state index contributed by atoms with van der Waals surface area (Å²) in [5.74, 6) is 0.0344. The quantitative estimate of drug-likeness (QED) is 0.526. The molecule has 2 rings (SSSR count). The lowest BCUT2D eigenvalue weighted by Crippen LogP contribution is -2.36. The van der Waals surface area contributed by atoms with Crippen LogP contribution in [-0.2, 0) is 14.3 Å². The highest BCUT2D eigenvalue weighted by Crippen LogP contribution is 2.36. The summed E-state index contributed by atoms with van der Waals surface area (Å²) in [5.41, 5.74) is 1.27. The zero-order valence-corrected chi connectivity index (χ0v) is 16.0. The molecule has 25 heavy (non-hydrogen) atoms. The molecule has 6 heteroatoms. The van der Waals surface area contributed by atoms with Crippen molar-refractivity contribution in [3.63, 3.8) is 0 Å². The number of thioether (sulfide) groups is 1. The fraction of sp³-hybridized carbons (Fsp3) is 0.474. The van der Waals surface area contributed by atoms with Gasteiger partial charge in [-0.2, -0.15) is 0 Å². The Bertz CT molecular complexity index is 627. The average molecular weight is 362 g/mol. The summed E-state index contributed by atoms with van der Waals surface area (Å²) in [4.78, 5) is 29.0.